The van der Waals surface area contributed by atoms with Gasteiger partial charge in [0.05, 0.1) is 7.11 Å². The topological polar surface area (TPSA) is 66.0 Å². The molecule has 0 saturated carbocycles. The van der Waals surface area contributed by atoms with Crippen LogP contribution in [0.15, 0.2) is 23.2 Å². The van der Waals surface area contributed by atoms with E-state index in [4.69, 9.17) is 4.74 Å². The molecular formula is C18H31IN4O2S. The second kappa shape index (κ2) is 14.0. The SMILES string of the molecule is COc1cc(CCNC(=NCC(=O)N(C)C)NCCSC)ccc1C.I. The van der Waals surface area contributed by atoms with Crippen molar-refractivity contribution in [3.63, 3.8) is 0 Å². The van der Waals surface area contributed by atoms with E-state index >= 15 is 0 Å². The molecule has 1 aromatic carbocycles. The summed E-state index contributed by atoms with van der Waals surface area (Å²) in [4.78, 5) is 17.6. The number of hydrogen-bond acceptors (Lipinski definition) is 4. The largest absolute Gasteiger partial charge is 0.496 e. The Morgan fingerprint density at radius 1 is 1.27 bits per heavy atom. The Balaban J connectivity index is 0.00000625. The van der Waals surface area contributed by atoms with E-state index in [0.717, 1.165) is 36.6 Å². The lowest BCUT2D eigenvalue weighted by molar-refractivity contribution is -0.127. The van der Waals surface area contributed by atoms with Crippen molar-refractivity contribution in [2.75, 3.05) is 52.8 Å². The molecule has 0 heterocycles. The van der Waals surface area contributed by atoms with Crippen molar-refractivity contribution in [1.29, 1.82) is 0 Å². The fraction of sp³-hybridized carbons (Fsp3) is 0.556. The summed E-state index contributed by atoms with van der Waals surface area (Å²) in [6.07, 6.45) is 2.91. The van der Waals surface area contributed by atoms with Crippen LogP contribution in [0.5, 0.6) is 5.75 Å². The second-order valence-corrected chi connectivity index (χ2v) is 6.84. The lowest BCUT2D eigenvalue weighted by Crippen LogP contribution is -2.40. The number of amides is 1. The molecule has 1 amide bonds. The van der Waals surface area contributed by atoms with E-state index in [9.17, 15) is 4.79 Å². The number of thioether (sulfide) groups is 1. The molecule has 1 rings (SSSR count). The maximum absolute atomic E-state index is 11.7. The van der Waals surface area contributed by atoms with Crippen LogP contribution >= 0.6 is 35.7 Å². The first-order valence-corrected chi connectivity index (χ1v) is 9.72. The molecule has 0 aliphatic carbocycles. The first-order chi connectivity index (χ1) is 12.0. The third-order valence-corrected chi connectivity index (χ3v) is 4.26. The van der Waals surface area contributed by atoms with Crippen LogP contribution in [0, 0.1) is 6.92 Å². The van der Waals surface area contributed by atoms with Crippen LogP contribution in [0.1, 0.15) is 11.1 Å². The summed E-state index contributed by atoms with van der Waals surface area (Å²) in [5, 5.41) is 6.55. The zero-order valence-corrected chi connectivity index (χ0v) is 19.4. The van der Waals surface area contributed by atoms with Gasteiger partial charge >= 0.3 is 0 Å². The third-order valence-electron chi connectivity index (χ3n) is 3.65. The van der Waals surface area contributed by atoms with E-state index in [0.29, 0.717) is 5.96 Å². The van der Waals surface area contributed by atoms with Crippen molar-refractivity contribution in [3.05, 3.63) is 29.3 Å². The molecule has 0 fully saturated rings. The van der Waals surface area contributed by atoms with Crippen LogP contribution in [0.25, 0.3) is 0 Å². The van der Waals surface area contributed by atoms with E-state index in [2.05, 4.69) is 40.1 Å². The Kier molecular flexibility index (Phi) is 13.3. The summed E-state index contributed by atoms with van der Waals surface area (Å²) < 4.78 is 5.36. The average Bonchev–Trinajstić information content (AvgIpc) is 2.60. The van der Waals surface area contributed by atoms with Gasteiger partial charge in [-0.15, -0.1) is 24.0 Å². The van der Waals surface area contributed by atoms with Crippen LogP contribution in [-0.2, 0) is 11.2 Å². The van der Waals surface area contributed by atoms with Gasteiger partial charge in [0, 0.05) is 32.9 Å². The van der Waals surface area contributed by atoms with Gasteiger partial charge in [-0.1, -0.05) is 12.1 Å². The fourth-order valence-corrected chi connectivity index (χ4v) is 2.39. The minimum atomic E-state index is -0.0192. The van der Waals surface area contributed by atoms with Gasteiger partial charge < -0.3 is 20.3 Å². The predicted molar refractivity (Wildman–Crippen MR) is 122 cm³/mol. The van der Waals surface area contributed by atoms with Crippen LogP contribution in [0.3, 0.4) is 0 Å². The number of carbonyl (C=O) groups is 1. The number of aryl methyl sites for hydroxylation is 1. The number of benzene rings is 1. The van der Waals surface area contributed by atoms with Gasteiger partial charge in [0.1, 0.15) is 12.3 Å². The van der Waals surface area contributed by atoms with Gasteiger partial charge in [-0.3, -0.25) is 4.79 Å². The van der Waals surface area contributed by atoms with Crippen molar-refractivity contribution in [2.24, 2.45) is 4.99 Å². The number of aliphatic imine (C=N–C) groups is 1. The average molecular weight is 494 g/mol. The normalized spacial score (nSPS) is 10.7. The van der Waals surface area contributed by atoms with Gasteiger partial charge in [0.25, 0.3) is 0 Å². The molecule has 0 aliphatic rings. The molecule has 0 radical (unpaired) electrons. The number of carbonyl (C=O) groups excluding carboxylic acids is 1. The highest BCUT2D eigenvalue weighted by Crippen LogP contribution is 2.18. The molecule has 0 aliphatic heterocycles. The zero-order chi connectivity index (χ0) is 18.7. The van der Waals surface area contributed by atoms with Crippen molar-refractivity contribution >= 4 is 47.6 Å². The highest BCUT2D eigenvalue weighted by Gasteiger charge is 2.05. The number of ether oxygens (including phenoxy) is 1. The van der Waals surface area contributed by atoms with Crippen LogP contribution in [0.2, 0.25) is 0 Å². The standard InChI is InChI=1S/C18H30N4O2S.HI/c1-14-6-7-15(12-16(14)24-4)8-9-19-18(20-10-11-25-5)21-13-17(23)22(2)3;/h6-7,12H,8-11,13H2,1-5H3,(H2,19,20,21);1H. The minimum absolute atomic E-state index is 0. The van der Waals surface area contributed by atoms with Gasteiger partial charge in [-0.05, 0) is 36.8 Å². The van der Waals surface area contributed by atoms with Gasteiger partial charge in [0.2, 0.25) is 5.91 Å². The van der Waals surface area contributed by atoms with E-state index in [1.165, 1.54) is 5.56 Å². The van der Waals surface area contributed by atoms with Gasteiger partial charge in [-0.25, -0.2) is 4.99 Å². The Bertz CT molecular complexity index is 582. The van der Waals surface area contributed by atoms with Crippen LogP contribution in [0.4, 0.5) is 0 Å². The second-order valence-electron chi connectivity index (χ2n) is 5.85. The molecular weight excluding hydrogens is 463 g/mol. The number of nitrogens with zero attached hydrogens (tertiary/aromatic N) is 2. The van der Waals surface area contributed by atoms with Crippen LogP contribution < -0.4 is 15.4 Å². The van der Waals surface area contributed by atoms with Crippen molar-refractivity contribution in [3.8, 4) is 5.75 Å². The summed E-state index contributed by atoms with van der Waals surface area (Å²) >= 11 is 1.76. The van der Waals surface area contributed by atoms with E-state index in [1.807, 2.05) is 6.92 Å². The summed E-state index contributed by atoms with van der Waals surface area (Å²) in [5.41, 5.74) is 2.32. The predicted octanol–water partition coefficient (Wildman–Crippen LogP) is 2.15. The van der Waals surface area contributed by atoms with Crippen molar-refractivity contribution < 1.29 is 9.53 Å². The summed E-state index contributed by atoms with van der Waals surface area (Å²) in [6.45, 7) is 3.71. The van der Waals surface area contributed by atoms with E-state index < -0.39 is 0 Å². The molecule has 0 spiro atoms. The fourth-order valence-electron chi connectivity index (χ4n) is 2.08. The Morgan fingerprint density at radius 3 is 2.58 bits per heavy atom. The number of likely N-dealkylation sites (N-methyl/N-ethyl adjacent to an activating group) is 1. The van der Waals surface area contributed by atoms with Crippen molar-refractivity contribution in [2.45, 2.75) is 13.3 Å². The Labute approximate surface area is 178 Å². The summed E-state index contributed by atoms with van der Waals surface area (Å²) in [5.74, 6) is 2.54. The number of hydrogen-bond donors (Lipinski definition) is 2. The minimum Gasteiger partial charge on any atom is -0.496 e. The third kappa shape index (κ3) is 9.51. The molecule has 1 aromatic rings. The Morgan fingerprint density at radius 2 is 1.96 bits per heavy atom. The summed E-state index contributed by atoms with van der Waals surface area (Å²) in [6, 6.07) is 6.23. The quantitative estimate of drug-likeness (QED) is 0.239. The molecule has 0 unspecified atom stereocenters. The number of rotatable bonds is 9. The molecule has 0 bridgehead atoms. The number of halogens is 1. The molecule has 0 saturated heterocycles. The summed E-state index contributed by atoms with van der Waals surface area (Å²) in [7, 11) is 5.15. The lowest BCUT2D eigenvalue weighted by Gasteiger charge is -2.14. The number of nitrogens with one attached hydrogen (secondary N) is 2. The van der Waals surface area contributed by atoms with Crippen molar-refractivity contribution in [1.82, 2.24) is 15.5 Å². The molecule has 26 heavy (non-hydrogen) atoms. The molecule has 2 N–H and O–H groups in total. The highest BCUT2D eigenvalue weighted by molar-refractivity contribution is 14.0. The number of guanidine groups is 1. The number of methoxy groups -OCH3 is 1. The first-order valence-electron chi connectivity index (χ1n) is 8.32. The monoisotopic (exact) mass is 494 g/mol. The first kappa shape index (κ1) is 24.8. The maximum Gasteiger partial charge on any atom is 0.243 e. The molecule has 0 atom stereocenters. The Hall–Kier alpha value is -1.16. The van der Waals surface area contributed by atoms with E-state index in [1.54, 1.807) is 37.9 Å². The molecule has 8 heteroatoms. The maximum atomic E-state index is 11.7. The van der Waals surface area contributed by atoms with Gasteiger partial charge in [0.15, 0.2) is 5.96 Å². The molecule has 6 nitrogen and oxygen atoms in total. The van der Waals surface area contributed by atoms with Gasteiger partial charge in [-0.2, -0.15) is 11.8 Å². The smallest absolute Gasteiger partial charge is 0.243 e. The lowest BCUT2D eigenvalue weighted by atomic mass is 10.1. The highest BCUT2D eigenvalue weighted by atomic mass is 127. The van der Waals surface area contributed by atoms with E-state index in [-0.39, 0.29) is 36.4 Å². The molecule has 0 aromatic heterocycles. The zero-order valence-electron chi connectivity index (χ0n) is 16.3. The molecule has 148 valence electrons. The van der Waals surface area contributed by atoms with Crippen LogP contribution in [-0.4, -0.2) is 69.6 Å².